The van der Waals surface area contributed by atoms with Gasteiger partial charge < -0.3 is 20.5 Å². The third-order valence-electron chi connectivity index (χ3n) is 5.62. The molecule has 1 aliphatic rings. The van der Waals surface area contributed by atoms with Crippen molar-refractivity contribution in [3.8, 4) is 11.1 Å². The first-order chi connectivity index (χ1) is 15.4. The average molecular weight is 439 g/mol. The Labute approximate surface area is 188 Å². The van der Waals surface area contributed by atoms with Crippen LogP contribution in [-0.2, 0) is 14.3 Å². The number of hydrogen-bond acceptors (Lipinski definition) is 4. The van der Waals surface area contributed by atoms with Gasteiger partial charge in [0.05, 0.1) is 6.42 Å². The monoisotopic (exact) mass is 438 g/mol. The molecule has 0 radical (unpaired) electrons. The van der Waals surface area contributed by atoms with Gasteiger partial charge in [0.2, 0.25) is 5.91 Å². The minimum atomic E-state index is -0.950. The molecule has 0 heterocycles. The third kappa shape index (κ3) is 5.87. The number of amides is 2. The number of carboxylic acid groups (broad SMARTS) is 1. The van der Waals surface area contributed by atoms with E-state index in [2.05, 4.69) is 34.9 Å². The number of alkyl carbamates (subject to hydrolysis) is 1. The van der Waals surface area contributed by atoms with Crippen molar-refractivity contribution in [2.24, 2.45) is 0 Å². The smallest absolute Gasteiger partial charge is 0.407 e. The average Bonchev–Trinajstić information content (AvgIpc) is 3.05. The topological polar surface area (TPSA) is 105 Å². The second-order valence-corrected chi connectivity index (χ2v) is 8.23. The second kappa shape index (κ2) is 10.8. The van der Waals surface area contributed by atoms with Crippen molar-refractivity contribution in [2.45, 2.75) is 57.5 Å². The summed E-state index contributed by atoms with van der Waals surface area (Å²) in [5.74, 6) is -1.28. The maximum Gasteiger partial charge on any atom is 0.407 e. The maximum absolute atomic E-state index is 12.3. The lowest BCUT2D eigenvalue weighted by molar-refractivity contribution is -0.137. The molecule has 170 valence electrons. The quantitative estimate of drug-likeness (QED) is 0.519. The number of benzene rings is 2. The van der Waals surface area contributed by atoms with Gasteiger partial charge in [-0.2, -0.15) is 0 Å². The Bertz CT molecular complexity index is 929. The number of fused-ring (bicyclic) bond motifs is 3. The molecule has 32 heavy (non-hydrogen) atoms. The van der Waals surface area contributed by atoms with Gasteiger partial charge in [-0.15, -0.1) is 0 Å². The van der Waals surface area contributed by atoms with E-state index in [1.54, 1.807) is 6.92 Å². The summed E-state index contributed by atoms with van der Waals surface area (Å²) in [7, 11) is 0. The highest BCUT2D eigenvalue weighted by Gasteiger charge is 2.29. The zero-order valence-corrected chi connectivity index (χ0v) is 18.5. The lowest BCUT2D eigenvalue weighted by Gasteiger charge is -2.19. The van der Waals surface area contributed by atoms with Crippen LogP contribution in [0.2, 0.25) is 0 Å². The van der Waals surface area contributed by atoms with E-state index in [1.165, 1.54) is 0 Å². The van der Waals surface area contributed by atoms with Crippen molar-refractivity contribution in [1.29, 1.82) is 0 Å². The van der Waals surface area contributed by atoms with E-state index in [0.717, 1.165) is 28.7 Å². The number of aliphatic carboxylic acids is 1. The molecule has 0 spiro atoms. The van der Waals surface area contributed by atoms with Gasteiger partial charge in [0.1, 0.15) is 6.61 Å². The number of rotatable bonds is 10. The van der Waals surface area contributed by atoms with E-state index in [-0.39, 0.29) is 31.3 Å². The number of ether oxygens (including phenoxy) is 1. The van der Waals surface area contributed by atoms with Crippen molar-refractivity contribution in [1.82, 2.24) is 10.6 Å². The van der Waals surface area contributed by atoms with Gasteiger partial charge in [-0.1, -0.05) is 61.9 Å². The van der Waals surface area contributed by atoms with Crippen LogP contribution in [0.3, 0.4) is 0 Å². The van der Waals surface area contributed by atoms with Crippen LogP contribution < -0.4 is 10.6 Å². The standard InChI is InChI=1S/C25H30N2O5/c1-3-8-17(14-24(29)30)27-23(28)13-16(2)26-25(31)32-15-22-20-11-6-4-9-18(20)19-10-5-7-12-21(19)22/h4-7,9-12,16-17,22H,3,8,13-15H2,1-2H3,(H,26,31)(H,27,28)(H,29,30)/t16-,17?/m1/s1. The number of carbonyl (C=O) groups is 3. The summed E-state index contributed by atoms with van der Waals surface area (Å²) in [5.41, 5.74) is 4.58. The molecular formula is C25H30N2O5. The SMILES string of the molecule is CCCC(CC(=O)O)NC(=O)C[C@@H](C)NC(=O)OCC1c2ccccc2-c2ccccc21. The Morgan fingerprint density at radius 2 is 1.56 bits per heavy atom. The zero-order valence-electron chi connectivity index (χ0n) is 18.5. The minimum Gasteiger partial charge on any atom is -0.481 e. The molecule has 2 atom stereocenters. The minimum absolute atomic E-state index is 0.0300. The van der Waals surface area contributed by atoms with Crippen molar-refractivity contribution in [3.63, 3.8) is 0 Å². The molecule has 2 aromatic carbocycles. The molecule has 0 aliphatic heterocycles. The van der Waals surface area contributed by atoms with Crippen LogP contribution >= 0.6 is 0 Å². The third-order valence-corrected chi connectivity index (χ3v) is 5.62. The van der Waals surface area contributed by atoms with Crippen LogP contribution in [0.15, 0.2) is 48.5 Å². The molecular weight excluding hydrogens is 408 g/mol. The highest BCUT2D eigenvalue weighted by molar-refractivity contribution is 5.80. The molecule has 3 rings (SSSR count). The zero-order chi connectivity index (χ0) is 23.1. The van der Waals surface area contributed by atoms with Crippen molar-refractivity contribution >= 4 is 18.0 Å². The fourth-order valence-electron chi connectivity index (χ4n) is 4.24. The first-order valence-corrected chi connectivity index (χ1v) is 11.0. The summed E-state index contributed by atoms with van der Waals surface area (Å²) in [5, 5.41) is 14.4. The van der Waals surface area contributed by atoms with E-state index in [1.807, 2.05) is 31.2 Å². The fourth-order valence-corrected chi connectivity index (χ4v) is 4.24. The van der Waals surface area contributed by atoms with E-state index in [9.17, 15) is 14.4 Å². The summed E-state index contributed by atoms with van der Waals surface area (Å²) in [6.07, 6.45) is 0.707. The van der Waals surface area contributed by atoms with Gasteiger partial charge in [0.15, 0.2) is 0 Å². The van der Waals surface area contributed by atoms with Crippen LogP contribution in [0.1, 0.15) is 56.6 Å². The van der Waals surface area contributed by atoms with Crippen LogP contribution in [0.5, 0.6) is 0 Å². The first-order valence-electron chi connectivity index (χ1n) is 11.0. The Morgan fingerprint density at radius 1 is 0.969 bits per heavy atom. The number of carboxylic acids is 1. The summed E-state index contributed by atoms with van der Waals surface area (Å²) in [4.78, 5) is 35.5. The molecule has 0 fully saturated rings. The molecule has 1 unspecified atom stereocenters. The number of carbonyl (C=O) groups excluding carboxylic acids is 2. The Hall–Kier alpha value is -3.35. The number of nitrogens with one attached hydrogen (secondary N) is 2. The molecule has 7 nitrogen and oxygen atoms in total. The van der Waals surface area contributed by atoms with E-state index in [4.69, 9.17) is 9.84 Å². The fraction of sp³-hybridized carbons (Fsp3) is 0.400. The van der Waals surface area contributed by atoms with Crippen LogP contribution in [0, 0.1) is 0 Å². The second-order valence-electron chi connectivity index (χ2n) is 8.23. The van der Waals surface area contributed by atoms with Crippen LogP contribution in [0.25, 0.3) is 11.1 Å². The van der Waals surface area contributed by atoms with E-state index >= 15 is 0 Å². The molecule has 0 bridgehead atoms. The van der Waals surface area contributed by atoms with Crippen LogP contribution in [0.4, 0.5) is 4.79 Å². The summed E-state index contributed by atoms with van der Waals surface area (Å²) in [6.45, 7) is 3.85. The molecule has 0 saturated heterocycles. The predicted molar refractivity (Wildman–Crippen MR) is 121 cm³/mol. The van der Waals surface area contributed by atoms with E-state index < -0.39 is 24.1 Å². The van der Waals surface area contributed by atoms with Crippen LogP contribution in [-0.4, -0.2) is 41.8 Å². The molecule has 0 saturated carbocycles. The highest BCUT2D eigenvalue weighted by Crippen LogP contribution is 2.44. The maximum atomic E-state index is 12.3. The van der Waals surface area contributed by atoms with Gasteiger partial charge in [0, 0.05) is 24.4 Å². The van der Waals surface area contributed by atoms with E-state index in [0.29, 0.717) is 6.42 Å². The molecule has 7 heteroatoms. The Morgan fingerprint density at radius 3 is 2.12 bits per heavy atom. The van der Waals surface area contributed by atoms with Crippen molar-refractivity contribution in [2.75, 3.05) is 6.61 Å². The molecule has 2 aromatic rings. The largest absolute Gasteiger partial charge is 0.481 e. The van der Waals surface area contributed by atoms with Gasteiger partial charge in [-0.05, 0) is 35.6 Å². The van der Waals surface area contributed by atoms with Gasteiger partial charge in [-0.25, -0.2) is 4.79 Å². The molecule has 3 N–H and O–H groups in total. The summed E-state index contributed by atoms with van der Waals surface area (Å²) >= 11 is 0. The normalized spacial score (nSPS) is 14.1. The summed E-state index contributed by atoms with van der Waals surface area (Å²) in [6, 6.07) is 15.4. The van der Waals surface area contributed by atoms with Gasteiger partial charge in [0.25, 0.3) is 0 Å². The molecule has 0 aromatic heterocycles. The first kappa shape index (κ1) is 23.3. The lowest BCUT2D eigenvalue weighted by atomic mass is 9.98. The Balaban J connectivity index is 1.51. The van der Waals surface area contributed by atoms with Crippen molar-refractivity contribution in [3.05, 3.63) is 59.7 Å². The molecule has 2 amide bonds. The molecule has 1 aliphatic carbocycles. The number of hydrogen-bond donors (Lipinski definition) is 3. The van der Waals surface area contributed by atoms with Gasteiger partial charge >= 0.3 is 12.1 Å². The lowest BCUT2D eigenvalue weighted by Crippen LogP contribution is -2.41. The van der Waals surface area contributed by atoms with Crippen molar-refractivity contribution < 1.29 is 24.2 Å². The Kier molecular flexibility index (Phi) is 7.87. The highest BCUT2D eigenvalue weighted by atomic mass is 16.5. The van der Waals surface area contributed by atoms with Gasteiger partial charge in [-0.3, -0.25) is 9.59 Å². The predicted octanol–water partition coefficient (Wildman–Crippen LogP) is 4.06. The summed E-state index contributed by atoms with van der Waals surface area (Å²) < 4.78 is 5.50.